The van der Waals surface area contributed by atoms with Crippen LogP contribution in [0, 0.1) is 6.92 Å². The van der Waals surface area contributed by atoms with Gasteiger partial charge in [-0.25, -0.2) is 9.78 Å². The average molecular weight is 208 g/mol. The molecule has 0 atom stereocenters. The van der Waals surface area contributed by atoms with Crippen LogP contribution in [0.5, 0.6) is 0 Å². The fourth-order valence-corrected chi connectivity index (χ4v) is 2.07. The maximum atomic E-state index is 10.7. The van der Waals surface area contributed by atoms with E-state index < -0.39 is 5.97 Å². The van der Waals surface area contributed by atoms with Crippen LogP contribution in [0.15, 0.2) is 18.3 Å². The number of H-pyrrole nitrogens is 1. The molecule has 0 aromatic carbocycles. The molecule has 0 amide bonds. The van der Waals surface area contributed by atoms with Crippen LogP contribution >= 0.6 is 11.3 Å². The number of carbonyl (C=O) groups is 1. The summed E-state index contributed by atoms with van der Waals surface area (Å²) in [6.45, 7) is 1.76. The summed E-state index contributed by atoms with van der Waals surface area (Å²) < 4.78 is 0. The van der Waals surface area contributed by atoms with Crippen LogP contribution in [0.2, 0.25) is 0 Å². The van der Waals surface area contributed by atoms with Gasteiger partial charge in [-0.2, -0.15) is 0 Å². The van der Waals surface area contributed by atoms with Crippen molar-refractivity contribution in [2.75, 3.05) is 0 Å². The normalized spacial score (nSPS) is 10.4. The highest BCUT2D eigenvalue weighted by Crippen LogP contribution is 2.26. The number of carboxylic acid groups (broad SMARTS) is 1. The highest BCUT2D eigenvalue weighted by Gasteiger charge is 2.14. The van der Waals surface area contributed by atoms with E-state index in [0.717, 1.165) is 10.6 Å². The first-order valence-electron chi connectivity index (χ1n) is 4.03. The lowest BCUT2D eigenvalue weighted by Gasteiger charge is -1.87. The number of nitrogens with one attached hydrogen (secondary N) is 1. The van der Waals surface area contributed by atoms with Crippen LogP contribution in [-0.2, 0) is 0 Å². The summed E-state index contributed by atoms with van der Waals surface area (Å²) in [5.74, 6) is -0.975. The van der Waals surface area contributed by atoms with Crippen LogP contribution in [0.25, 0.3) is 10.7 Å². The van der Waals surface area contributed by atoms with Crippen LogP contribution < -0.4 is 0 Å². The van der Waals surface area contributed by atoms with Gasteiger partial charge in [-0.1, -0.05) is 0 Å². The van der Waals surface area contributed by atoms with Gasteiger partial charge < -0.3 is 10.1 Å². The van der Waals surface area contributed by atoms with Crippen molar-refractivity contribution in [1.82, 2.24) is 9.97 Å². The van der Waals surface area contributed by atoms with Gasteiger partial charge >= 0.3 is 5.97 Å². The molecule has 0 bridgehead atoms. The van der Waals surface area contributed by atoms with Crippen LogP contribution in [-0.4, -0.2) is 21.0 Å². The zero-order chi connectivity index (χ0) is 10.1. The van der Waals surface area contributed by atoms with E-state index in [0.29, 0.717) is 5.01 Å². The minimum Gasteiger partial charge on any atom is -0.476 e. The minimum atomic E-state index is -0.975. The number of hydrogen-bond donors (Lipinski definition) is 2. The predicted octanol–water partition coefficient (Wildman–Crippen LogP) is 2.14. The first-order valence-corrected chi connectivity index (χ1v) is 4.84. The Kier molecular flexibility index (Phi) is 2.09. The smallest absolute Gasteiger partial charge is 0.355 e. The largest absolute Gasteiger partial charge is 0.476 e. The Morgan fingerprint density at radius 3 is 2.93 bits per heavy atom. The molecule has 0 aliphatic heterocycles. The molecule has 2 rings (SSSR count). The summed E-state index contributed by atoms with van der Waals surface area (Å²) in [5.41, 5.74) is 0.991. The third-order valence-electron chi connectivity index (χ3n) is 1.83. The van der Waals surface area contributed by atoms with E-state index >= 15 is 0 Å². The molecule has 72 valence electrons. The Morgan fingerprint density at radius 1 is 1.64 bits per heavy atom. The molecular formula is C9H8N2O2S. The number of carboxylic acids is 1. The molecule has 4 nitrogen and oxygen atoms in total. The monoisotopic (exact) mass is 208 g/mol. The van der Waals surface area contributed by atoms with Crippen molar-refractivity contribution in [3.8, 4) is 10.7 Å². The second-order valence-corrected chi connectivity index (χ2v) is 4.02. The zero-order valence-electron chi connectivity index (χ0n) is 7.44. The summed E-state index contributed by atoms with van der Waals surface area (Å²) in [4.78, 5) is 18.5. The predicted molar refractivity (Wildman–Crippen MR) is 53.6 cm³/mol. The molecule has 14 heavy (non-hydrogen) atoms. The van der Waals surface area contributed by atoms with E-state index in [-0.39, 0.29) is 5.69 Å². The van der Waals surface area contributed by atoms with E-state index in [4.69, 9.17) is 5.11 Å². The molecule has 5 heteroatoms. The van der Waals surface area contributed by atoms with Gasteiger partial charge in [0.05, 0.1) is 5.69 Å². The van der Waals surface area contributed by atoms with Crippen molar-refractivity contribution in [3.05, 3.63) is 28.9 Å². The molecule has 0 fully saturated rings. The minimum absolute atomic E-state index is 0.139. The van der Waals surface area contributed by atoms with Crippen LogP contribution in [0.3, 0.4) is 0 Å². The van der Waals surface area contributed by atoms with Crippen molar-refractivity contribution in [1.29, 1.82) is 0 Å². The molecule has 0 spiro atoms. The van der Waals surface area contributed by atoms with E-state index in [2.05, 4.69) is 9.97 Å². The third-order valence-corrected chi connectivity index (χ3v) is 2.83. The van der Waals surface area contributed by atoms with Crippen molar-refractivity contribution >= 4 is 17.3 Å². The number of thiazole rings is 1. The zero-order valence-corrected chi connectivity index (χ0v) is 8.26. The van der Waals surface area contributed by atoms with Crippen molar-refractivity contribution in [3.63, 3.8) is 0 Å². The second-order valence-electron chi connectivity index (χ2n) is 2.81. The molecule has 2 aromatic heterocycles. The number of nitrogens with zero attached hydrogens (tertiary/aromatic N) is 1. The Labute approximate surface area is 84.2 Å². The van der Waals surface area contributed by atoms with Crippen molar-refractivity contribution in [2.24, 2.45) is 0 Å². The lowest BCUT2D eigenvalue weighted by molar-refractivity contribution is 0.0690. The van der Waals surface area contributed by atoms with Crippen LogP contribution in [0.1, 0.15) is 15.4 Å². The number of aromatic amines is 1. The standard InChI is InChI=1S/C9H8N2O2S/c1-5-7(9(12)13)11-8(14-5)6-3-2-4-10-6/h2-4,10H,1H3,(H,12,13). The number of aryl methyl sites for hydroxylation is 1. The van der Waals surface area contributed by atoms with Crippen LogP contribution in [0.4, 0.5) is 0 Å². The van der Waals surface area contributed by atoms with Gasteiger partial charge in [0.2, 0.25) is 0 Å². The Morgan fingerprint density at radius 2 is 2.43 bits per heavy atom. The number of aromatic carboxylic acids is 1. The van der Waals surface area contributed by atoms with Gasteiger partial charge in [0.1, 0.15) is 5.01 Å². The second kappa shape index (κ2) is 3.26. The molecule has 2 aromatic rings. The van der Waals surface area contributed by atoms with Gasteiger partial charge in [0.25, 0.3) is 0 Å². The lowest BCUT2D eigenvalue weighted by Crippen LogP contribution is -1.98. The molecule has 2 heterocycles. The summed E-state index contributed by atoms with van der Waals surface area (Å²) in [6.07, 6.45) is 1.78. The van der Waals surface area contributed by atoms with Gasteiger partial charge in [0, 0.05) is 11.1 Å². The van der Waals surface area contributed by atoms with E-state index in [1.165, 1.54) is 11.3 Å². The lowest BCUT2D eigenvalue weighted by atomic mass is 10.4. The maximum Gasteiger partial charge on any atom is 0.355 e. The maximum absolute atomic E-state index is 10.7. The number of rotatable bonds is 2. The third kappa shape index (κ3) is 1.42. The molecular weight excluding hydrogens is 200 g/mol. The molecule has 0 radical (unpaired) electrons. The van der Waals surface area contributed by atoms with Gasteiger partial charge in [0.15, 0.2) is 5.69 Å². The van der Waals surface area contributed by atoms with Gasteiger partial charge in [-0.05, 0) is 19.1 Å². The topological polar surface area (TPSA) is 66.0 Å². The first kappa shape index (κ1) is 8.96. The molecule has 0 saturated carbocycles. The molecule has 0 aliphatic carbocycles. The molecule has 2 N–H and O–H groups in total. The summed E-state index contributed by atoms with van der Waals surface area (Å²) in [6, 6.07) is 3.72. The molecule has 0 unspecified atom stereocenters. The molecule has 0 saturated heterocycles. The quantitative estimate of drug-likeness (QED) is 0.794. The summed E-state index contributed by atoms with van der Waals surface area (Å²) in [7, 11) is 0. The Hall–Kier alpha value is -1.62. The van der Waals surface area contributed by atoms with Crippen molar-refractivity contribution in [2.45, 2.75) is 6.92 Å². The summed E-state index contributed by atoms with van der Waals surface area (Å²) >= 11 is 1.38. The fraction of sp³-hybridized carbons (Fsp3) is 0.111. The number of hydrogen-bond acceptors (Lipinski definition) is 3. The highest BCUT2D eigenvalue weighted by molar-refractivity contribution is 7.15. The molecule has 0 aliphatic rings. The van der Waals surface area contributed by atoms with Gasteiger partial charge in [-0.3, -0.25) is 0 Å². The Bertz CT molecular complexity index is 459. The van der Waals surface area contributed by atoms with E-state index in [1.54, 1.807) is 13.1 Å². The van der Waals surface area contributed by atoms with E-state index in [1.807, 2.05) is 12.1 Å². The number of aromatic nitrogens is 2. The van der Waals surface area contributed by atoms with E-state index in [9.17, 15) is 4.79 Å². The average Bonchev–Trinajstić information content (AvgIpc) is 2.70. The van der Waals surface area contributed by atoms with Gasteiger partial charge in [-0.15, -0.1) is 11.3 Å². The summed E-state index contributed by atoms with van der Waals surface area (Å²) in [5, 5.41) is 9.52. The fourth-order valence-electron chi connectivity index (χ4n) is 1.17. The highest BCUT2D eigenvalue weighted by atomic mass is 32.1. The van der Waals surface area contributed by atoms with Crippen molar-refractivity contribution < 1.29 is 9.90 Å². The Balaban J connectivity index is 2.48. The SMILES string of the molecule is Cc1sc(-c2ccc[nH]2)nc1C(=O)O. The first-order chi connectivity index (χ1) is 6.68.